The molecule has 0 aromatic heterocycles. The molecule has 6 heteroatoms. The summed E-state index contributed by atoms with van der Waals surface area (Å²) in [6.07, 6.45) is 9.09. The number of amides is 1. The van der Waals surface area contributed by atoms with E-state index in [1.54, 1.807) is 25.4 Å². The lowest BCUT2D eigenvalue weighted by molar-refractivity contribution is -0.137. The first-order valence-corrected chi connectivity index (χ1v) is 9.90. The Kier molecular flexibility index (Phi) is 10.7. The second-order valence-electron chi connectivity index (χ2n) is 6.53. The molecule has 0 aliphatic rings. The number of terminal acetylenes is 1. The van der Waals surface area contributed by atoms with E-state index >= 15 is 0 Å². The summed E-state index contributed by atoms with van der Waals surface area (Å²) in [6, 6.07) is 15.0. The monoisotopic (exact) mass is 432 g/mol. The van der Waals surface area contributed by atoms with Crippen LogP contribution >= 0.6 is 0 Å². The van der Waals surface area contributed by atoms with Gasteiger partial charge in [-0.3, -0.25) is 9.59 Å². The van der Waals surface area contributed by atoms with E-state index in [2.05, 4.69) is 16.2 Å². The average molecular weight is 433 g/mol. The molecule has 6 nitrogen and oxygen atoms in total. The standard InChI is InChI=1S/C23H21NO4.C3H7N/c1-4-15(3)21-18(16-10-7-6-8-11-16)12-9-13-19(21)22(27)17(5-2)23(28)24-14-20(25)26;1-3-4-2/h2,4,6-13,27H,14H2,1,3H3,(H,24,28)(H,25,26);3H,1-2H3/b15-4-,22-17-;. The molecule has 0 saturated carbocycles. The Hall–Kier alpha value is -4.11. The van der Waals surface area contributed by atoms with Crippen LogP contribution in [0.4, 0.5) is 0 Å². The van der Waals surface area contributed by atoms with Crippen LogP contribution in [0.3, 0.4) is 0 Å². The number of rotatable bonds is 6. The number of nitrogens with zero attached hydrogens (tertiary/aromatic N) is 1. The summed E-state index contributed by atoms with van der Waals surface area (Å²) >= 11 is 0. The van der Waals surface area contributed by atoms with E-state index in [4.69, 9.17) is 11.5 Å². The van der Waals surface area contributed by atoms with Gasteiger partial charge in [-0.05, 0) is 49.2 Å². The molecule has 2 rings (SSSR count). The number of hydrogen-bond donors (Lipinski definition) is 3. The van der Waals surface area contributed by atoms with Gasteiger partial charge in [-0.1, -0.05) is 60.5 Å². The highest BCUT2D eigenvalue weighted by molar-refractivity contribution is 6.06. The minimum atomic E-state index is -1.21. The van der Waals surface area contributed by atoms with Crippen LogP contribution in [0, 0.1) is 12.3 Å². The van der Waals surface area contributed by atoms with E-state index in [1.807, 2.05) is 63.2 Å². The van der Waals surface area contributed by atoms with Crippen molar-refractivity contribution < 1.29 is 19.8 Å². The molecule has 32 heavy (non-hydrogen) atoms. The lowest BCUT2D eigenvalue weighted by Gasteiger charge is -2.16. The lowest BCUT2D eigenvalue weighted by atomic mass is 9.89. The highest BCUT2D eigenvalue weighted by Crippen LogP contribution is 2.35. The molecule has 166 valence electrons. The summed E-state index contributed by atoms with van der Waals surface area (Å²) < 4.78 is 0. The van der Waals surface area contributed by atoms with Crippen molar-refractivity contribution in [2.45, 2.75) is 20.8 Å². The van der Waals surface area contributed by atoms with Gasteiger partial charge in [0.25, 0.3) is 5.91 Å². The molecule has 1 amide bonds. The quantitative estimate of drug-likeness (QED) is 0.269. The largest absolute Gasteiger partial charge is 0.506 e. The molecule has 2 aromatic rings. The molecule has 0 spiro atoms. The minimum absolute atomic E-state index is 0.323. The first-order chi connectivity index (χ1) is 15.3. The van der Waals surface area contributed by atoms with Crippen LogP contribution in [-0.2, 0) is 9.59 Å². The van der Waals surface area contributed by atoms with Crippen molar-refractivity contribution in [3.63, 3.8) is 0 Å². The lowest BCUT2D eigenvalue weighted by Crippen LogP contribution is -2.30. The molecular weight excluding hydrogens is 404 g/mol. The molecular formula is C26H28N2O4. The number of aliphatic hydroxyl groups is 1. The number of carbonyl (C=O) groups is 2. The Balaban J connectivity index is 0.00000118. The first kappa shape index (κ1) is 25.9. The maximum absolute atomic E-state index is 12.2. The predicted molar refractivity (Wildman–Crippen MR) is 130 cm³/mol. The number of allylic oxidation sites excluding steroid dienone is 2. The van der Waals surface area contributed by atoms with Crippen molar-refractivity contribution in [1.29, 1.82) is 0 Å². The van der Waals surface area contributed by atoms with E-state index in [1.165, 1.54) is 0 Å². The molecule has 0 heterocycles. The van der Waals surface area contributed by atoms with Crippen molar-refractivity contribution in [2.75, 3.05) is 13.6 Å². The third-order valence-corrected chi connectivity index (χ3v) is 4.50. The highest BCUT2D eigenvalue weighted by atomic mass is 16.4. The van der Waals surface area contributed by atoms with E-state index in [-0.39, 0.29) is 11.3 Å². The summed E-state index contributed by atoms with van der Waals surface area (Å²) in [5.74, 6) is -0.233. The van der Waals surface area contributed by atoms with Crippen molar-refractivity contribution >= 4 is 29.4 Å². The van der Waals surface area contributed by atoms with E-state index < -0.39 is 18.4 Å². The van der Waals surface area contributed by atoms with Crippen LogP contribution in [0.15, 0.2) is 65.2 Å². The first-order valence-electron chi connectivity index (χ1n) is 9.90. The van der Waals surface area contributed by atoms with Gasteiger partial charge in [0.05, 0.1) is 0 Å². The number of aliphatic imine (C=N–C) groups is 1. The van der Waals surface area contributed by atoms with Crippen molar-refractivity contribution in [3.05, 3.63) is 71.3 Å². The SMILES string of the molecule is C#C/C(C(=O)NCC(=O)O)=C(/O)c1cccc(-c2ccccc2)c1/C(C)=C\C.CC=NC. The summed E-state index contributed by atoms with van der Waals surface area (Å²) in [5, 5.41) is 21.7. The summed E-state index contributed by atoms with van der Waals surface area (Å²) in [4.78, 5) is 26.5. The fourth-order valence-corrected chi connectivity index (χ4v) is 2.80. The van der Waals surface area contributed by atoms with Gasteiger partial charge < -0.3 is 20.5 Å². The summed E-state index contributed by atoms with van der Waals surface area (Å²) in [7, 11) is 1.75. The van der Waals surface area contributed by atoms with Gasteiger partial charge in [0.1, 0.15) is 17.9 Å². The molecule has 0 fully saturated rings. The van der Waals surface area contributed by atoms with Gasteiger partial charge in [-0.15, -0.1) is 6.42 Å². The van der Waals surface area contributed by atoms with Crippen molar-refractivity contribution in [1.82, 2.24) is 5.32 Å². The Morgan fingerprint density at radius 3 is 2.22 bits per heavy atom. The predicted octanol–water partition coefficient (Wildman–Crippen LogP) is 4.59. The normalized spacial score (nSPS) is 11.7. The molecule has 0 aliphatic heterocycles. The zero-order chi connectivity index (χ0) is 24.1. The van der Waals surface area contributed by atoms with Crippen LogP contribution in [0.1, 0.15) is 31.9 Å². The number of carboxylic acids is 1. The molecule has 2 aromatic carbocycles. The Bertz CT molecular complexity index is 1070. The average Bonchev–Trinajstić information content (AvgIpc) is 2.82. The molecule has 0 saturated heterocycles. The number of carboxylic acid groups (broad SMARTS) is 1. The smallest absolute Gasteiger partial charge is 0.322 e. The van der Waals surface area contributed by atoms with Crippen LogP contribution < -0.4 is 5.32 Å². The van der Waals surface area contributed by atoms with E-state index in [0.717, 1.165) is 22.3 Å². The van der Waals surface area contributed by atoms with Crippen molar-refractivity contribution in [3.8, 4) is 23.5 Å². The molecule has 0 bridgehead atoms. The Morgan fingerprint density at radius 2 is 1.72 bits per heavy atom. The zero-order valence-electron chi connectivity index (χ0n) is 18.7. The third kappa shape index (κ3) is 6.99. The second kappa shape index (κ2) is 13.2. The topological polar surface area (TPSA) is 99.0 Å². The van der Waals surface area contributed by atoms with Crippen LogP contribution in [-0.4, -0.2) is 41.9 Å². The molecule has 0 unspecified atom stereocenters. The number of aliphatic carboxylic acids is 1. The fourth-order valence-electron chi connectivity index (χ4n) is 2.80. The van der Waals surface area contributed by atoms with Gasteiger partial charge in [-0.2, -0.15) is 0 Å². The molecule has 0 aliphatic carbocycles. The van der Waals surface area contributed by atoms with Gasteiger partial charge in [-0.25, -0.2) is 0 Å². The number of aliphatic hydroxyl groups excluding tert-OH is 1. The number of benzene rings is 2. The number of nitrogens with one attached hydrogen (secondary N) is 1. The molecule has 0 atom stereocenters. The maximum Gasteiger partial charge on any atom is 0.322 e. The fraction of sp³-hybridized carbons (Fsp3) is 0.192. The Labute approximate surface area is 189 Å². The minimum Gasteiger partial charge on any atom is -0.506 e. The third-order valence-electron chi connectivity index (χ3n) is 4.50. The van der Waals surface area contributed by atoms with E-state index in [0.29, 0.717) is 5.56 Å². The number of hydrogen-bond acceptors (Lipinski definition) is 4. The van der Waals surface area contributed by atoms with Gasteiger partial charge in [0.15, 0.2) is 0 Å². The highest BCUT2D eigenvalue weighted by Gasteiger charge is 2.20. The second-order valence-corrected chi connectivity index (χ2v) is 6.53. The summed E-state index contributed by atoms with van der Waals surface area (Å²) in [5.41, 5.74) is 3.54. The molecule has 3 N–H and O–H groups in total. The Morgan fingerprint density at radius 1 is 1.09 bits per heavy atom. The molecule has 0 radical (unpaired) electrons. The zero-order valence-corrected chi connectivity index (χ0v) is 18.7. The van der Waals surface area contributed by atoms with Crippen LogP contribution in [0.2, 0.25) is 0 Å². The maximum atomic E-state index is 12.2. The van der Waals surface area contributed by atoms with Crippen molar-refractivity contribution in [2.24, 2.45) is 4.99 Å². The van der Waals surface area contributed by atoms with Crippen LogP contribution in [0.25, 0.3) is 22.5 Å². The van der Waals surface area contributed by atoms with Gasteiger partial charge in [0.2, 0.25) is 0 Å². The number of carbonyl (C=O) groups excluding carboxylic acids is 1. The van der Waals surface area contributed by atoms with Crippen LogP contribution in [0.5, 0.6) is 0 Å². The van der Waals surface area contributed by atoms with Gasteiger partial charge in [0, 0.05) is 12.6 Å². The van der Waals surface area contributed by atoms with Gasteiger partial charge >= 0.3 is 5.97 Å². The summed E-state index contributed by atoms with van der Waals surface area (Å²) in [6.45, 7) is 5.07. The van der Waals surface area contributed by atoms with E-state index in [9.17, 15) is 14.7 Å².